The monoisotopic (exact) mass is 354 g/mol. The van der Waals surface area contributed by atoms with E-state index in [-0.39, 0.29) is 28.2 Å². The highest BCUT2D eigenvalue weighted by Gasteiger charge is 2.27. The molecule has 3 N–H and O–H groups in total. The van der Waals surface area contributed by atoms with Crippen molar-refractivity contribution in [3.8, 4) is 0 Å². The van der Waals surface area contributed by atoms with Gasteiger partial charge in [0.2, 0.25) is 11.8 Å². The quantitative estimate of drug-likeness (QED) is 0.687. The maximum atomic E-state index is 12.0. The summed E-state index contributed by atoms with van der Waals surface area (Å²) in [7, 11) is 0. The van der Waals surface area contributed by atoms with Gasteiger partial charge >= 0.3 is 0 Å². The molecule has 24 heavy (non-hydrogen) atoms. The van der Waals surface area contributed by atoms with E-state index in [2.05, 4.69) is 28.0 Å². The number of hydrogen-bond donors (Lipinski definition) is 3. The number of rotatable bonds is 7. The first-order valence-corrected chi connectivity index (χ1v) is 9.26. The molecule has 134 valence electrons. The summed E-state index contributed by atoms with van der Waals surface area (Å²) in [5, 5.41) is 12.4. The summed E-state index contributed by atoms with van der Waals surface area (Å²) in [6.07, 6.45) is 2.13. The minimum atomic E-state index is -0.345. The SMILES string of the molecule is Cc1cc(NC(=O)C(C)SCC(=O)NCC2(C)CCNCC2)no1. The summed E-state index contributed by atoms with van der Waals surface area (Å²) in [5.74, 6) is 1.08. The Morgan fingerprint density at radius 3 is 2.79 bits per heavy atom. The van der Waals surface area contributed by atoms with Gasteiger partial charge in [0.25, 0.3) is 0 Å². The van der Waals surface area contributed by atoms with E-state index in [4.69, 9.17) is 4.52 Å². The van der Waals surface area contributed by atoms with Crippen LogP contribution in [0.15, 0.2) is 10.6 Å². The third-order valence-corrected chi connectivity index (χ3v) is 5.38. The molecule has 0 aromatic carbocycles. The lowest BCUT2D eigenvalue weighted by Gasteiger charge is -2.34. The van der Waals surface area contributed by atoms with Crippen molar-refractivity contribution in [3.63, 3.8) is 0 Å². The molecule has 0 spiro atoms. The first kappa shape index (κ1) is 18.8. The Morgan fingerprint density at radius 1 is 1.46 bits per heavy atom. The number of aromatic nitrogens is 1. The average Bonchev–Trinajstić information content (AvgIpc) is 2.96. The fourth-order valence-electron chi connectivity index (χ4n) is 2.50. The van der Waals surface area contributed by atoms with Crippen LogP contribution in [-0.4, -0.2) is 47.6 Å². The number of aryl methyl sites for hydroxylation is 1. The van der Waals surface area contributed by atoms with Gasteiger partial charge in [0.05, 0.1) is 11.0 Å². The van der Waals surface area contributed by atoms with Gasteiger partial charge in [-0.25, -0.2) is 0 Å². The van der Waals surface area contributed by atoms with Crippen LogP contribution in [0.4, 0.5) is 5.82 Å². The lowest BCUT2D eigenvalue weighted by atomic mass is 9.81. The molecular formula is C16H26N4O3S. The van der Waals surface area contributed by atoms with Crippen molar-refractivity contribution in [1.82, 2.24) is 15.8 Å². The van der Waals surface area contributed by atoms with Gasteiger partial charge in [-0.15, -0.1) is 11.8 Å². The zero-order chi connectivity index (χ0) is 17.6. The fraction of sp³-hybridized carbons (Fsp3) is 0.688. The second-order valence-electron chi connectivity index (χ2n) is 6.60. The predicted octanol–water partition coefficient (Wildman–Crippen LogP) is 1.55. The Balaban J connectivity index is 1.67. The number of nitrogens with one attached hydrogen (secondary N) is 3. The Kier molecular flexibility index (Phi) is 6.68. The van der Waals surface area contributed by atoms with Crippen molar-refractivity contribution in [2.24, 2.45) is 5.41 Å². The van der Waals surface area contributed by atoms with Crippen molar-refractivity contribution in [3.05, 3.63) is 11.8 Å². The Hall–Kier alpha value is -1.54. The van der Waals surface area contributed by atoms with E-state index in [1.165, 1.54) is 11.8 Å². The molecular weight excluding hydrogens is 328 g/mol. The summed E-state index contributed by atoms with van der Waals surface area (Å²) < 4.78 is 4.90. The second kappa shape index (κ2) is 8.53. The molecule has 1 unspecified atom stereocenters. The van der Waals surface area contributed by atoms with E-state index in [0.717, 1.165) is 25.9 Å². The predicted molar refractivity (Wildman–Crippen MR) is 95.0 cm³/mol. The van der Waals surface area contributed by atoms with Crippen LogP contribution in [-0.2, 0) is 9.59 Å². The first-order chi connectivity index (χ1) is 11.4. The highest BCUT2D eigenvalue weighted by molar-refractivity contribution is 8.01. The molecule has 7 nitrogen and oxygen atoms in total. The molecule has 0 radical (unpaired) electrons. The molecule has 0 saturated carbocycles. The number of anilines is 1. The minimum Gasteiger partial charge on any atom is -0.360 e. The molecule has 1 aromatic heterocycles. The number of hydrogen-bond acceptors (Lipinski definition) is 6. The van der Waals surface area contributed by atoms with Gasteiger partial charge in [-0.05, 0) is 45.2 Å². The molecule has 2 rings (SSSR count). The van der Waals surface area contributed by atoms with Gasteiger partial charge in [0.15, 0.2) is 5.82 Å². The van der Waals surface area contributed by atoms with Crippen LogP contribution in [0.2, 0.25) is 0 Å². The molecule has 1 fully saturated rings. The largest absolute Gasteiger partial charge is 0.360 e. The van der Waals surface area contributed by atoms with Gasteiger partial charge in [0, 0.05) is 12.6 Å². The van der Waals surface area contributed by atoms with Gasteiger partial charge in [-0.2, -0.15) is 0 Å². The zero-order valence-corrected chi connectivity index (χ0v) is 15.3. The lowest BCUT2D eigenvalue weighted by Crippen LogP contribution is -2.43. The van der Waals surface area contributed by atoms with Crippen LogP contribution in [0.25, 0.3) is 0 Å². The van der Waals surface area contributed by atoms with E-state index < -0.39 is 0 Å². The van der Waals surface area contributed by atoms with Gasteiger partial charge in [0.1, 0.15) is 5.76 Å². The summed E-state index contributed by atoms with van der Waals surface area (Å²) in [6.45, 7) is 8.42. The molecule has 2 heterocycles. The first-order valence-electron chi connectivity index (χ1n) is 8.21. The summed E-state index contributed by atoms with van der Waals surface area (Å²) >= 11 is 1.31. The normalized spacial score (nSPS) is 18.0. The van der Waals surface area contributed by atoms with Crippen molar-refractivity contribution < 1.29 is 14.1 Å². The minimum absolute atomic E-state index is 0.0308. The number of thioether (sulfide) groups is 1. The molecule has 1 aliphatic rings. The van der Waals surface area contributed by atoms with E-state index in [0.29, 0.717) is 18.1 Å². The summed E-state index contributed by atoms with van der Waals surface area (Å²) in [5.41, 5.74) is 0.166. The molecule has 0 aliphatic carbocycles. The van der Waals surface area contributed by atoms with Gasteiger partial charge < -0.3 is 20.5 Å². The highest BCUT2D eigenvalue weighted by Crippen LogP contribution is 2.26. The Labute approximate surface area is 146 Å². The standard InChI is InChI=1S/C16H26N4O3S/c1-11-8-13(20-23-11)19-15(22)12(2)24-9-14(21)18-10-16(3)4-6-17-7-5-16/h8,12,17H,4-7,9-10H2,1-3H3,(H,18,21)(H,19,20,22). The Bertz CT molecular complexity index is 569. The maximum Gasteiger partial charge on any atom is 0.238 e. The van der Waals surface area contributed by atoms with Gasteiger partial charge in [-0.1, -0.05) is 12.1 Å². The zero-order valence-electron chi connectivity index (χ0n) is 14.5. The smallest absolute Gasteiger partial charge is 0.238 e. The average molecular weight is 354 g/mol. The number of nitrogens with zero attached hydrogens (tertiary/aromatic N) is 1. The van der Waals surface area contributed by atoms with Crippen molar-refractivity contribution in [1.29, 1.82) is 0 Å². The third-order valence-electron chi connectivity index (χ3n) is 4.24. The van der Waals surface area contributed by atoms with Crippen LogP contribution in [0.3, 0.4) is 0 Å². The third kappa shape index (κ3) is 5.83. The van der Waals surface area contributed by atoms with E-state index in [9.17, 15) is 9.59 Å². The van der Waals surface area contributed by atoms with E-state index >= 15 is 0 Å². The van der Waals surface area contributed by atoms with Gasteiger partial charge in [-0.3, -0.25) is 9.59 Å². The molecule has 1 atom stereocenters. The van der Waals surface area contributed by atoms with Crippen molar-refractivity contribution in [2.75, 3.05) is 30.7 Å². The maximum absolute atomic E-state index is 12.0. The summed E-state index contributed by atoms with van der Waals surface area (Å²) in [6, 6.07) is 1.65. The van der Waals surface area contributed by atoms with Crippen LogP contribution >= 0.6 is 11.8 Å². The highest BCUT2D eigenvalue weighted by atomic mass is 32.2. The van der Waals surface area contributed by atoms with Crippen LogP contribution in [0.1, 0.15) is 32.4 Å². The molecule has 1 saturated heterocycles. The van der Waals surface area contributed by atoms with Crippen molar-refractivity contribution in [2.45, 2.75) is 38.9 Å². The van der Waals surface area contributed by atoms with Crippen LogP contribution in [0.5, 0.6) is 0 Å². The lowest BCUT2D eigenvalue weighted by molar-refractivity contribution is -0.119. The second-order valence-corrected chi connectivity index (χ2v) is 7.93. The molecule has 1 aromatic rings. The number of carbonyl (C=O) groups is 2. The number of carbonyl (C=O) groups excluding carboxylic acids is 2. The number of amides is 2. The topological polar surface area (TPSA) is 96.3 Å². The van der Waals surface area contributed by atoms with E-state index in [1.54, 1.807) is 19.9 Å². The molecule has 8 heteroatoms. The Morgan fingerprint density at radius 2 is 2.17 bits per heavy atom. The van der Waals surface area contributed by atoms with E-state index in [1.807, 2.05) is 0 Å². The fourth-order valence-corrected chi connectivity index (χ4v) is 3.21. The molecule has 1 aliphatic heterocycles. The molecule has 2 amide bonds. The van der Waals surface area contributed by atoms with Crippen LogP contribution < -0.4 is 16.0 Å². The van der Waals surface area contributed by atoms with Crippen LogP contribution in [0, 0.1) is 12.3 Å². The van der Waals surface area contributed by atoms with Crippen molar-refractivity contribution >= 4 is 29.4 Å². The molecule has 0 bridgehead atoms. The number of piperidine rings is 1. The summed E-state index contributed by atoms with van der Waals surface area (Å²) in [4.78, 5) is 24.0.